The SMILES string of the molecule is CC1=C2CCC=C3CC(C)(C)CC1SC32. The number of allylic oxidation sites excluding steroid dienone is 1. The maximum atomic E-state index is 2.53. The maximum Gasteiger partial charge on any atom is 0.0475 e. The van der Waals surface area contributed by atoms with E-state index >= 15 is 0 Å². The second-order valence-electron chi connectivity index (χ2n) is 6.08. The summed E-state index contributed by atoms with van der Waals surface area (Å²) in [6.07, 6.45) is 7.87. The van der Waals surface area contributed by atoms with Crippen LogP contribution in [0.4, 0.5) is 0 Å². The third-order valence-electron chi connectivity index (χ3n) is 4.18. The van der Waals surface area contributed by atoms with Crippen LogP contribution in [0.3, 0.4) is 0 Å². The van der Waals surface area contributed by atoms with Crippen LogP contribution in [0, 0.1) is 5.41 Å². The number of thioether (sulfide) groups is 1. The van der Waals surface area contributed by atoms with Crippen LogP contribution in [0.15, 0.2) is 22.8 Å². The Morgan fingerprint density at radius 2 is 2.20 bits per heavy atom. The second kappa shape index (κ2) is 3.16. The van der Waals surface area contributed by atoms with Crippen molar-refractivity contribution in [2.75, 3.05) is 0 Å². The number of hydrogen-bond acceptors (Lipinski definition) is 1. The van der Waals surface area contributed by atoms with Gasteiger partial charge in [-0.1, -0.05) is 36.6 Å². The van der Waals surface area contributed by atoms with Gasteiger partial charge in [0.15, 0.2) is 0 Å². The van der Waals surface area contributed by atoms with E-state index in [-0.39, 0.29) is 0 Å². The first-order valence-electron chi connectivity index (χ1n) is 6.11. The monoisotopic (exact) mass is 220 g/mol. The lowest BCUT2D eigenvalue weighted by molar-refractivity contribution is 0.333. The molecule has 2 heterocycles. The fourth-order valence-corrected chi connectivity index (χ4v) is 5.47. The predicted octanol–water partition coefficient (Wildman–Crippen LogP) is 4.33. The van der Waals surface area contributed by atoms with Crippen molar-refractivity contribution in [3.63, 3.8) is 0 Å². The molecule has 2 atom stereocenters. The zero-order valence-corrected chi connectivity index (χ0v) is 10.8. The van der Waals surface area contributed by atoms with E-state index in [1.165, 1.54) is 25.7 Å². The summed E-state index contributed by atoms with van der Waals surface area (Å²) >= 11 is 2.23. The van der Waals surface area contributed by atoms with Gasteiger partial charge in [-0.25, -0.2) is 0 Å². The molecule has 0 spiro atoms. The average molecular weight is 220 g/mol. The fourth-order valence-electron chi connectivity index (χ4n) is 3.41. The molecule has 15 heavy (non-hydrogen) atoms. The zero-order valence-electron chi connectivity index (χ0n) is 9.97. The number of fused-ring (bicyclic) bond motifs is 1. The fraction of sp³-hybridized carbons (Fsp3) is 0.714. The van der Waals surface area contributed by atoms with Crippen molar-refractivity contribution in [2.24, 2.45) is 5.41 Å². The lowest BCUT2D eigenvalue weighted by atomic mass is 9.74. The third kappa shape index (κ3) is 1.51. The molecule has 0 radical (unpaired) electrons. The lowest BCUT2D eigenvalue weighted by Crippen LogP contribution is -2.21. The van der Waals surface area contributed by atoms with Gasteiger partial charge in [0.05, 0.1) is 0 Å². The van der Waals surface area contributed by atoms with Crippen LogP contribution in [0.1, 0.15) is 46.5 Å². The summed E-state index contributed by atoms with van der Waals surface area (Å²) in [5, 5.41) is 1.61. The molecule has 1 saturated heterocycles. The van der Waals surface area contributed by atoms with Crippen molar-refractivity contribution in [3.8, 4) is 0 Å². The first kappa shape index (κ1) is 10.0. The lowest BCUT2D eigenvalue weighted by Gasteiger charge is -2.31. The molecule has 3 aliphatic rings. The van der Waals surface area contributed by atoms with Crippen LogP contribution >= 0.6 is 11.8 Å². The largest absolute Gasteiger partial charge is 0.142 e. The van der Waals surface area contributed by atoms with Crippen LogP contribution < -0.4 is 0 Å². The second-order valence-corrected chi connectivity index (χ2v) is 7.39. The van der Waals surface area contributed by atoms with Crippen molar-refractivity contribution in [1.82, 2.24) is 0 Å². The van der Waals surface area contributed by atoms with E-state index in [0.717, 1.165) is 10.5 Å². The van der Waals surface area contributed by atoms with E-state index in [4.69, 9.17) is 0 Å². The highest BCUT2D eigenvalue weighted by Gasteiger charge is 2.42. The van der Waals surface area contributed by atoms with Crippen molar-refractivity contribution >= 4 is 11.8 Å². The summed E-state index contributed by atoms with van der Waals surface area (Å²) in [6.45, 7) is 7.27. The summed E-state index contributed by atoms with van der Waals surface area (Å²) in [5.74, 6) is 0. The molecule has 1 aliphatic carbocycles. The molecule has 0 amide bonds. The molecule has 82 valence electrons. The van der Waals surface area contributed by atoms with E-state index in [2.05, 4.69) is 38.6 Å². The molecule has 0 N–H and O–H groups in total. The van der Waals surface area contributed by atoms with Crippen molar-refractivity contribution < 1.29 is 0 Å². The van der Waals surface area contributed by atoms with E-state index < -0.39 is 0 Å². The van der Waals surface area contributed by atoms with Crippen LogP contribution in [-0.2, 0) is 0 Å². The van der Waals surface area contributed by atoms with E-state index in [0.29, 0.717) is 5.41 Å². The summed E-state index contributed by atoms with van der Waals surface area (Å²) in [4.78, 5) is 0. The third-order valence-corrected chi connectivity index (χ3v) is 5.89. The van der Waals surface area contributed by atoms with Crippen LogP contribution in [0.25, 0.3) is 0 Å². The normalized spacial score (nSPS) is 37.7. The first-order valence-corrected chi connectivity index (χ1v) is 7.05. The molecule has 0 aromatic heterocycles. The van der Waals surface area contributed by atoms with Gasteiger partial charge in [-0.2, -0.15) is 0 Å². The van der Waals surface area contributed by atoms with Gasteiger partial charge >= 0.3 is 0 Å². The first-order chi connectivity index (χ1) is 7.07. The molecule has 0 aromatic rings. The molecule has 1 heteroatoms. The topological polar surface area (TPSA) is 0 Å². The Hall–Kier alpha value is -0.170. The number of rotatable bonds is 0. The Balaban J connectivity index is 2.08. The van der Waals surface area contributed by atoms with Crippen molar-refractivity contribution in [3.05, 3.63) is 22.8 Å². The molecule has 0 nitrogen and oxygen atoms in total. The van der Waals surface area contributed by atoms with Gasteiger partial charge in [-0.3, -0.25) is 0 Å². The van der Waals surface area contributed by atoms with E-state index in [9.17, 15) is 0 Å². The molecular weight excluding hydrogens is 200 g/mol. The minimum Gasteiger partial charge on any atom is -0.142 e. The van der Waals surface area contributed by atoms with Crippen molar-refractivity contribution in [2.45, 2.75) is 57.0 Å². The van der Waals surface area contributed by atoms with Gasteiger partial charge in [0, 0.05) is 10.5 Å². The summed E-state index contributed by atoms with van der Waals surface area (Å²) in [5.41, 5.74) is 5.77. The van der Waals surface area contributed by atoms with Crippen LogP contribution in [0.2, 0.25) is 0 Å². The smallest absolute Gasteiger partial charge is 0.0475 e. The predicted molar refractivity (Wildman–Crippen MR) is 68.2 cm³/mol. The quantitative estimate of drug-likeness (QED) is 0.548. The molecule has 2 aliphatic heterocycles. The minimum absolute atomic E-state index is 0.516. The molecular formula is C14H20S. The van der Waals surface area contributed by atoms with Crippen LogP contribution in [0.5, 0.6) is 0 Å². The molecule has 2 bridgehead atoms. The van der Waals surface area contributed by atoms with Gasteiger partial charge in [-0.05, 0) is 38.0 Å². The Bertz CT molecular complexity index is 360. The Morgan fingerprint density at radius 3 is 3.00 bits per heavy atom. The van der Waals surface area contributed by atoms with Gasteiger partial charge in [0.1, 0.15) is 0 Å². The molecule has 1 fully saturated rings. The maximum absolute atomic E-state index is 2.53. The van der Waals surface area contributed by atoms with Gasteiger partial charge in [0.2, 0.25) is 0 Å². The molecule has 3 rings (SSSR count). The average Bonchev–Trinajstić information content (AvgIpc) is 2.40. The Kier molecular flexibility index (Phi) is 2.11. The standard InChI is InChI=1S/C14H20S/c1-9-11-6-4-5-10-7-14(2,3)8-12(9)15-13(10)11/h5,12-13H,4,6-8H2,1-3H3. The summed E-state index contributed by atoms with van der Waals surface area (Å²) in [6, 6.07) is 0. The molecule has 2 unspecified atom stereocenters. The van der Waals surface area contributed by atoms with E-state index in [1.54, 1.807) is 16.7 Å². The zero-order chi connectivity index (χ0) is 10.6. The highest BCUT2D eigenvalue weighted by atomic mass is 32.2. The highest BCUT2D eigenvalue weighted by molar-refractivity contribution is 8.01. The summed E-state index contributed by atoms with van der Waals surface area (Å²) in [7, 11) is 0. The van der Waals surface area contributed by atoms with Crippen molar-refractivity contribution in [1.29, 1.82) is 0 Å². The van der Waals surface area contributed by atoms with Crippen LogP contribution in [-0.4, -0.2) is 10.5 Å². The van der Waals surface area contributed by atoms with Gasteiger partial charge < -0.3 is 0 Å². The summed E-state index contributed by atoms with van der Waals surface area (Å²) < 4.78 is 0. The highest BCUT2D eigenvalue weighted by Crippen LogP contribution is 2.55. The molecule has 0 aromatic carbocycles. The van der Waals surface area contributed by atoms with E-state index in [1.807, 2.05) is 0 Å². The molecule has 0 saturated carbocycles. The minimum atomic E-state index is 0.516. The van der Waals surface area contributed by atoms with Gasteiger partial charge in [-0.15, -0.1) is 11.8 Å². The Morgan fingerprint density at radius 1 is 1.40 bits per heavy atom. The Labute approximate surface area is 97.2 Å². The van der Waals surface area contributed by atoms with Gasteiger partial charge in [0.25, 0.3) is 0 Å². The number of hydrogen-bond donors (Lipinski definition) is 0.